The van der Waals surface area contributed by atoms with Gasteiger partial charge in [0.15, 0.2) is 0 Å². The van der Waals surface area contributed by atoms with Crippen LogP contribution in [0.2, 0.25) is 0 Å². The molecule has 0 aromatic carbocycles. The summed E-state index contributed by atoms with van der Waals surface area (Å²) in [7, 11) is 0. The van der Waals surface area contributed by atoms with E-state index in [9.17, 15) is 0 Å². The van der Waals surface area contributed by atoms with Crippen molar-refractivity contribution in [1.29, 1.82) is 0 Å². The maximum Gasteiger partial charge on any atom is -0.0297 e. The minimum Gasteiger partial charge on any atom is -0.0776 e. The third kappa shape index (κ3) is 1.84. The molecular weight excluding hydrogens is 144 g/mol. The second-order valence-electron chi connectivity index (χ2n) is 5.08. The van der Waals surface area contributed by atoms with Crippen LogP contribution in [0.4, 0.5) is 0 Å². The van der Waals surface area contributed by atoms with Gasteiger partial charge in [-0.3, -0.25) is 0 Å². The fourth-order valence-corrected chi connectivity index (χ4v) is 2.60. The van der Waals surface area contributed by atoms with Crippen molar-refractivity contribution in [2.45, 2.75) is 59.8 Å². The summed E-state index contributed by atoms with van der Waals surface area (Å²) in [6, 6.07) is 0. The molecule has 0 aromatic rings. The van der Waals surface area contributed by atoms with E-state index in [1.165, 1.54) is 12.8 Å². The molecule has 0 heterocycles. The molecule has 0 N–H and O–H groups in total. The van der Waals surface area contributed by atoms with Gasteiger partial charge in [-0.2, -0.15) is 0 Å². The van der Waals surface area contributed by atoms with Crippen LogP contribution in [-0.4, -0.2) is 0 Å². The van der Waals surface area contributed by atoms with E-state index >= 15 is 0 Å². The number of rotatable bonds is 1. The zero-order valence-corrected chi connectivity index (χ0v) is 7.90. The van der Waals surface area contributed by atoms with E-state index in [0.717, 1.165) is 17.3 Å². The third-order valence-electron chi connectivity index (χ3n) is 3.99. The summed E-state index contributed by atoms with van der Waals surface area (Å²) < 4.78 is 0. The van der Waals surface area contributed by atoms with Gasteiger partial charge < -0.3 is 0 Å². The van der Waals surface area contributed by atoms with Crippen molar-refractivity contribution in [1.82, 2.24) is 0 Å². The molecule has 2 saturated carbocycles. The summed E-state index contributed by atoms with van der Waals surface area (Å²) >= 11 is 0. The molecular formula is C12H24. The maximum absolute atomic E-state index is 2.38. The molecule has 0 aliphatic heterocycles. The Morgan fingerprint density at radius 3 is 1.83 bits per heavy atom. The van der Waals surface area contributed by atoms with Gasteiger partial charge in [0.1, 0.15) is 0 Å². The van der Waals surface area contributed by atoms with Gasteiger partial charge in [-0.05, 0) is 55.8 Å². The van der Waals surface area contributed by atoms with Crippen LogP contribution in [-0.2, 0) is 0 Å². The van der Waals surface area contributed by atoms with Crippen LogP contribution in [0.25, 0.3) is 0 Å². The van der Waals surface area contributed by atoms with Crippen molar-refractivity contribution in [3.8, 4) is 0 Å². The average molecular weight is 168 g/mol. The lowest BCUT2D eigenvalue weighted by Gasteiger charge is -2.30. The molecule has 72 valence electrons. The second kappa shape index (κ2) is 3.40. The van der Waals surface area contributed by atoms with E-state index in [2.05, 4.69) is 13.8 Å². The highest BCUT2D eigenvalue weighted by Gasteiger charge is 2.44. The molecule has 12 heavy (non-hydrogen) atoms. The summed E-state index contributed by atoms with van der Waals surface area (Å²) in [6.07, 6.45) is 9.26. The Morgan fingerprint density at radius 1 is 1.00 bits per heavy atom. The van der Waals surface area contributed by atoms with Crippen LogP contribution in [0.1, 0.15) is 59.8 Å². The Labute approximate surface area is 77.7 Å². The highest BCUT2D eigenvalue weighted by Crippen LogP contribution is 2.57. The molecule has 2 rings (SSSR count). The van der Waals surface area contributed by atoms with Gasteiger partial charge in [-0.1, -0.05) is 21.3 Å². The van der Waals surface area contributed by atoms with E-state index in [-0.39, 0.29) is 7.43 Å². The van der Waals surface area contributed by atoms with E-state index in [0.29, 0.717) is 0 Å². The van der Waals surface area contributed by atoms with Crippen molar-refractivity contribution in [3.05, 3.63) is 0 Å². The van der Waals surface area contributed by atoms with Gasteiger partial charge in [0.2, 0.25) is 0 Å². The number of hydrogen-bond donors (Lipinski definition) is 0. The SMILES string of the molecule is C.CC(C)C1CCC2(CC1)CC2. The van der Waals surface area contributed by atoms with Crippen LogP contribution >= 0.6 is 0 Å². The number of hydrogen-bond acceptors (Lipinski definition) is 0. The van der Waals surface area contributed by atoms with Gasteiger partial charge in [-0.25, -0.2) is 0 Å². The molecule has 1 spiro atoms. The molecule has 0 nitrogen and oxygen atoms in total. The van der Waals surface area contributed by atoms with Crippen molar-refractivity contribution >= 4 is 0 Å². The zero-order valence-electron chi connectivity index (χ0n) is 7.90. The smallest absolute Gasteiger partial charge is 0.0297 e. The molecule has 0 saturated heterocycles. The Kier molecular flexibility index (Phi) is 2.85. The molecule has 0 amide bonds. The van der Waals surface area contributed by atoms with Crippen LogP contribution < -0.4 is 0 Å². The molecule has 2 fully saturated rings. The minimum atomic E-state index is 0. The lowest BCUT2D eigenvalue weighted by Crippen LogP contribution is -2.19. The molecule has 2 aliphatic carbocycles. The minimum absolute atomic E-state index is 0. The van der Waals surface area contributed by atoms with Crippen LogP contribution in [0.5, 0.6) is 0 Å². The van der Waals surface area contributed by atoms with E-state index in [1.807, 2.05) is 0 Å². The van der Waals surface area contributed by atoms with Crippen molar-refractivity contribution < 1.29 is 0 Å². The quantitative estimate of drug-likeness (QED) is 0.549. The first kappa shape index (κ1) is 10.1. The lowest BCUT2D eigenvalue weighted by molar-refractivity contribution is 0.210. The Morgan fingerprint density at radius 2 is 1.50 bits per heavy atom. The third-order valence-corrected chi connectivity index (χ3v) is 3.99. The standard InChI is InChI=1S/C11H20.CH4/c1-9(2)10-3-5-11(6-4-10)7-8-11;/h9-10H,3-8H2,1-2H3;1H4. The second-order valence-corrected chi connectivity index (χ2v) is 5.08. The molecule has 0 bridgehead atoms. The molecule has 0 heteroatoms. The average Bonchev–Trinajstić information content (AvgIpc) is 2.70. The monoisotopic (exact) mass is 168 g/mol. The predicted molar refractivity (Wildman–Crippen MR) is 55.2 cm³/mol. The van der Waals surface area contributed by atoms with Crippen LogP contribution in [0.3, 0.4) is 0 Å². The molecule has 0 aromatic heterocycles. The highest BCUT2D eigenvalue weighted by atomic mass is 14.5. The summed E-state index contributed by atoms with van der Waals surface area (Å²) in [5.41, 5.74) is 0.894. The molecule has 0 atom stereocenters. The largest absolute Gasteiger partial charge is 0.0776 e. The molecule has 0 radical (unpaired) electrons. The Bertz CT molecular complexity index is 132. The Balaban J connectivity index is 0.000000720. The zero-order chi connectivity index (χ0) is 7.90. The van der Waals surface area contributed by atoms with Crippen LogP contribution in [0, 0.1) is 17.3 Å². The summed E-state index contributed by atoms with van der Waals surface area (Å²) in [4.78, 5) is 0. The topological polar surface area (TPSA) is 0 Å². The van der Waals surface area contributed by atoms with Crippen molar-refractivity contribution in [2.75, 3.05) is 0 Å². The van der Waals surface area contributed by atoms with Crippen molar-refractivity contribution in [2.24, 2.45) is 17.3 Å². The van der Waals surface area contributed by atoms with Gasteiger partial charge in [0.25, 0.3) is 0 Å². The predicted octanol–water partition coefficient (Wildman–Crippen LogP) is 4.25. The molecule has 0 unspecified atom stereocenters. The van der Waals surface area contributed by atoms with Gasteiger partial charge in [0.05, 0.1) is 0 Å². The highest BCUT2D eigenvalue weighted by molar-refractivity contribution is 4.96. The molecule has 2 aliphatic rings. The summed E-state index contributed by atoms with van der Waals surface area (Å²) in [5.74, 6) is 1.99. The maximum atomic E-state index is 2.38. The van der Waals surface area contributed by atoms with Crippen LogP contribution in [0.15, 0.2) is 0 Å². The fourth-order valence-electron chi connectivity index (χ4n) is 2.60. The first-order valence-electron chi connectivity index (χ1n) is 5.22. The van der Waals surface area contributed by atoms with Crippen molar-refractivity contribution in [3.63, 3.8) is 0 Å². The normalized spacial score (nSPS) is 27.2. The van der Waals surface area contributed by atoms with E-state index < -0.39 is 0 Å². The van der Waals surface area contributed by atoms with E-state index in [4.69, 9.17) is 0 Å². The first-order chi connectivity index (χ1) is 5.22. The van der Waals surface area contributed by atoms with Gasteiger partial charge >= 0.3 is 0 Å². The fraction of sp³-hybridized carbons (Fsp3) is 1.00. The van der Waals surface area contributed by atoms with Gasteiger partial charge in [0, 0.05) is 0 Å². The Hall–Kier alpha value is 0. The lowest BCUT2D eigenvalue weighted by atomic mass is 9.75. The summed E-state index contributed by atoms with van der Waals surface area (Å²) in [6.45, 7) is 4.77. The van der Waals surface area contributed by atoms with E-state index in [1.54, 1.807) is 25.7 Å². The summed E-state index contributed by atoms with van der Waals surface area (Å²) in [5, 5.41) is 0. The van der Waals surface area contributed by atoms with Gasteiger partial charge in [-0.15, -0.1) is 0 Å². The first-order valence-corrected chi connectivity index (χ1v) is 5.22.